The van der Waals surface area contributed by atoms with Gasteiger partial charge in [-0.15, -0.1) is 0 Å². The van der Waals surface area contributed by atoms with Crippen LogP contribution < -0.4 is 10.1 Å². The van der Waals surface area contributed by atoms with Crippen LogP contribution in [0, 0.1) is 12.7 Å². The molecule has 0 unspecified atom stereocenters. The van der Waals surface area contributed by atoms with Gasteiger partial charge >= 0.3 is 0 Å². The van der Waals surface area contributed by atoms with Crippen molar-refractivity contribution in [1.82, 2.24) is 5.32 Å². The molecule has 0 heterocycles. The number of nitrogens with one attached hydrogen (secondary N) is 1. The molecule has 0 aromatic heterocycles. The van der Waals surface area contributed by atoms with E-state index in [0.29, 0.717) is 17.1 Å². The third kappa shape index (κ3) is 1.99. The summed E-state index contributed by atoms with van der Waals surface area (Å²) in [6.07, 6.45) is 0. The van der Waals surface area contributed by atoms with E-state index in [1.807, 2.05) is 0 Å². The summed E-state index contributed by atoms with van der Waals surface area (Å²) < 4.78 is 18.4. The van der Waals surface area contributed by atoms with Crippen LogP contribution in [0.15, 0.2) is 6.07 Å². The molecule has 78 valence electrons. The molecule has 1 aromatic rings. The highest BCUT2D eigenvalue weighted by Crippen LogP contribution is 2.32. The van der Waals surface area contributed by atoms with Crippen molar-refractivity contribution in [1.29, 1.82) is 0 Å². The fourth-order valence-corrected chi connectivity index (χ4v) is 1.56. The van der Waals surface area contributed by atoms with Gasteiger partial charge in [0.25, 0.3) is 0 Å². The maximum Gasteiger partial charge on any atom is 0.165 e. The van der Waals surface area contributed by atoms with Crippen LogP contribution in [0.5, 0.6) is 5.75 Å². The van der Waals surface area contributed by atoms with Gasteiger partial charge in [0.1, 0.15) is 0 Å². The van der Waals surface area contributed by atoms with Crippen LogP contribution in [-0.4, -0.2) is 14.2 Å². The quantitative estimate of drug-likeness (QED) is 0.840. The molecule has 2 nitrogen and oxygen atoms in total. The Hall–Kier alpha value is -0.800. The molecule has 0 amide bonds. The molecule has 0 radical (unpaired) electrons. The Balaban J connectivity index is 3.32. The lowest BCUT2D eigenvalue weighted by Gasteiger charge is -2.12. The summed E-state index contributed by atoms with van der Waals surface area (Å²) in [5.41, 5.74) is 1.38. The molecule has 0 bridgehead atoms. The van der Waals surface area contributed by atoms with Gasteiger partial charge in [-0.1, -0.05) is 11.6 Å². The van der Waals surface area contributed by atoms with Crippen LogP contribution in [0.3, 0.4) is 0 Å². The zero-order valence-electron chi connectivity index (χ0n) is 8.45. The fraction of sp³-hybridized carbons (Fsp3) is 0.400. The molecule has 0 saturated heterocycles. The van der Waals surface area contributed by atoms with Crippen molar-refractivity contribution in [3.8, 4) is 5.75 Å². The predicted octanol–water partition coefficient (Wildman–Crippen LogP) is 2.52. The minimum Gasteiger partial charge on any atom is -0.493 e. The van der Waals surface area contributed by atoms with Gasteiger partial charge in [-0.25, -0.2) is 4.39 Å². The Morgan fingerprint density at radius 1 is 1.57 bits per heavy atom. The van der Waals surface area contributed by atoms with Gasteiger partial charge in [0, 0.05) is 12.1 Å². The number of halogens is 2. The molecular formula is C10H13ClFNO. The minimum absolute atomic E-state index is 0.218. The van der Waals surface area contributed by atoms with E-state index in [1.54, 1.807) is 14.0 Å². The average Bonchev–Trinajstić information content (AvgIpc) is 2.14. The monoisotopic (exact) mass is 217 g/mol. The standard InChI is InChI=1S/C10H13ClFNO/c1-6-4-8(12)10(14-3)7(5-13-2)9(6)11/h4,13H,5H2,1-3H3. The predicted molar refractivity (Wildman–Crippen MR) is 55.5 cm³/mol. The number of rotatable bonds is 3. The molecule has 0 aliphatic carbocycles. The van der Waals surface area contributed by atoms with Crippen LogP contribution in [0.1, 0.15) is 11.1 Å². The van der Waals surface area contributed by atoms with Crippen LogP contribution >= 0.6 is 11.6 Å². The average molecular weight is 218 g/mol. The van der Waals surface area contributed by atoms with Crippen molar-refractivity contribution in [2.75, 3.05) is 14.2 Å². The molecule has 0 aliphatic heterocycles. The number of ether oxygens (including phenoxy) is 1. The van der Waals surface area contributed by atoms with E-state index in [9.17, 15) is 4.39 Å². The van der Waals surface area contributed by atoms with E-state index >= 15 is 0 Å². The first-order chi connectivity index (χ1) is 6.61. The van der Waals surface area contributed by atoms with E-state index in [2.05, 4.69) is 5.32 Å². The van der Waals surface area contributed by atoms with Gasteiger partial charge in [0.15, 0.2) is 11.6 Å². The van der Waals surface area contributed by atoms with Crippen molar-refractivity contribution in [3.05, 3.63) is 28.0 Å². The molecule has 0 aliphatic rings. The van der Waals surface area contributed by atoms with Gasteiger partial charge in [-0.3, -0.25) is 0 Å². The lowest BCUT2D eigenvalue weighted by molar-refractivity contribution is 0.380. The van der Waals surface area contributed by atoms with Crippen molar-refractivity contribution in [3.63, 3.8) is 0 Å². The molecule has 1 rings (SSSR count). The van der Waals surface area contributed by atoms with E-state index in [-0.39, 0.29) is 11.6 Å². The highest BCUT2D eigenvalue weighted by molar-refractivity contribution is 6.32. The van der Waals surface area contributed by atoms with Crippen LogP contribution in [-0.2, 0) is 6.54 Å². The maximum absolute atomic E-state index is 13.4. The smallest absolute Gasteiger partial charge is 0.165 e. The number of aryl methyl sites for hydroxylation is 1. The van der Waals surface area contributed by atoms with Crippen molar-refractivity contribution in [2.24, 2.45) is 0 Å². The van der Waals surface area contributed by atoms with Crippen molar-refractivity contribution >= 4 is 11.6 Å². The van der Waals surface area contributed by atoms with E-state index in [0.717, 1.165) is 5.56 Å². The van der Waals surface area contributed by atoms with E-state index in [4.69, 9.17) is 16.3 Å². The second-order valence-corrected chi connectivity index (χ2v) is 3.41. The van der Waals surface area contributed by atoms with E-state index in [1.165, 1.54) is 13.2 Å². The third-order valence-corrected chi connectivity index (χ3v) is 2.53. The molecule has 1 aromatic carbocycles. The summed E-state index contributed by atoms with van der Waals surface area (Å²) in [4.78, 5) is 0. The fourth-order valence-electron chi connectivity index (χ4n) is 1.36. The lowest BCUT2D eigenvalue weighted by atomic mass is 10.1. The summed E-state index contributed by atoms with van der Waals surface area (Å²) in [7, 11) is 3.21. The zero-order chi connectivity index (χ0) is 10.7. The second kappa shape index (κ2) is 4.62. The summed E-state index contributed by atoms with van der Waals surface area (Å²) in [5.74, 6) is -0.158. The largest absolute Gasteiger partial charge is 0.493 e. The Labute approximate surface area is 88.0 Å². The topological polar surface area (TPSA) is 21.3 Å². The Bertz CT molecular complexity index is 341. The van der Waals surface area contributed by atoms with Gasteiger partial charge in [0.2, 0.25) is 0 Å². The van der Waals surface area contributed by atoms with Gasteiger partial charge < -0.3 is 10.1 Å². The first-order valence-electron chi connectivity index (χ1n) is 4.27. The SMILES string of the molecule is CNCc1c(Cl)c(C)cc(F)c1OC. The highest BCUT2D eigenvalue weighted by atomic mass is 35.5. The molecule has 0 atom stereocenters. The summed E-state index contributed by atoms with van der Waals surface area (Å²) in [6.45, 7) is 2.25. The molecule has 0 fully saturated rings. The maximum atomic E-state index is 13.4. The summed E-state index contributed by atoms with van der Waals surface area (Å²) in [6, 6.07) is 1.38. The Morgan fingerprint density at radius 3 is 2.71 bits per heavy atom. The van der Waals surface area contributed by atoms with E-state index < -0.39 is 0 Å². The van der Waals surface area contributed by atoms with Gasteiger partial charge in [-0.05, 0) is 25.6 Å². The van der Waals surface area contributed by atoms with Crippen LogP contribution in [0.4, 0.5) is 4.39 Å². The van der Waals surface area contributed by atoms with Gasteiger partial charge in [0.05, 0.1) is 12.1 Å². The Morgan fingerprint density at radius 2 is 2.21 bits per heavy atom. The first kappa shape index (κ1) is 11.3. The molecule has 14 heavy (non-hydrogen) atoms. The highest BCUT2D eigenvalue weighted by Gasteiger charge is 2.14. The molecule has 0 saturated carbocycles. The number of hydrogen-bond acceptors (Lipinski definition) is 2. The molecule has 4 heteroatoms. The summed E-state index contributed by atoms with van der Waals surface area (Å²) in [5, 5.41) is 3.48. The van der Waals surface area contributed by atoms with Crippen molar-refractivity contribution in [2.45, 2.75) is 13.5 Å². The van der Waals surface area contributed by atoms with Gasteiger partial charge in [-0.2, -0.15) is 0 Å². The number of hydrogen-bond donors (Lipinski definition) is 1. The lowest BCUT2D eigenvalue weighted by Crippen LogP contribution is -2.09. The summed E-state index contributed by atoms with van der Waals surface area (Å²) >= 11 is 6.04. The minimum atomic E-state index is -0.375. The number of benzene rings is 1. The molecule has 0 spiro atoms. The van der Waals surface area contributed by atoms with Crippen molar-refractivity contribution < 1.29 is 9.13 Å². The second-order valence-electron chi connectivity index (χ2n) is 3.03. The molecular weight excluding hydrogens is 205 g/mol. The van der Waals surface area contributed by atoms with Crippen LogP contribution in [0.2, 0.25) is 5.02 Å². The normalized spacial score (nSPS) is 10.4. The zero-order valence-corrected chi connectivity index (χ0v) is 9.20. The first-order valence-corrected chi connectivity index (χ1v) is 4.65. The third-order valence-electron chi connectivity index (χ3n) is 2.00. The molecule has 1 N–H and O–H groups in total. The number of methoxy groups -OCH3 is 1. The van der Waals surface area contributed by atoms with Crippen LogP contribution in [0.25, 0.3) is 0 Å². The Kier molecular flexibility index (Phi) is 3.72.